The van der Waals surface area contributed by atoms with Crippen LogP contribution in [0.15, 0.2) is 45.4 Å². The standard InChI is InChI=1S/C29H31F2N5OS.C9H20/c1-5-16(4)23(25-17(9-32)22(33)14-38-28(25)21(30)6-2)24-20-13-37-12-19(20)18-10-34-29(35-27(18)26(24)31)36-8-7-15(3)11-36;1-3-5-7-9-8-6-4-2/h6,10,15H,5,7-8,11-14,33H2,1-4H3;3-9H2,1-2H3/b21-6+,23-16+;. The summed E-state index contributed by atoms with van der Waals surface area (Å²) in [7, 11) is 0. The van der Waals surface area contributed by atoms with Gasteiger partial charge in [-0.3, -0.25) is 0 Å². The van der Waals surface area contributed by atoms with Crippen LogP contribution in [-0.4, -0.2) is 28.8 Å². The van der Waals surface area contributed by atoms with E-state index in [0.29, 0.717) is 63.2 Å². The average molecular weight is 664 g/mol. The Kier molecular flexibility index (Phi) is 13.4. The summed E-state index contributed by atoms with van der Waals surface area (Å²) < 4.78 is 37.9. The number of allylic oxidation sites excluding steroid dienone is 6. The van der Waals surface area contributed by atoms with Crippen molar-refractivity contribution in [1.29, 1.82) is 5.26 Å². The van der Waals surface area contributed by atoms with Crippen LogP contribution in [0.25, 0.3) is 16.5 Å². The molecule has 254 valence electrons. The van der Waals surface area contributed by atoms with Gasteiger partial charge >= 0.3 is 0 Å². The molecule has 1 aromatic carbocycles. The number of hydrogen-bond donors (Lipinski definition) is 1. The first kappa shape index (κ1) is 36.6. The van der Waals surface area contributed by atoms with Crippen molar-refractivity contribution in [3.8, 4) is 6.07 Å². The summed E-state index contributed by atoms with van der Waals surface area (Å²) in [6.07, 6.45) is 14.6. The number of ether oxygens (including phenoxy) is 1. The van der Waals surface area contributed by atoms with E-state index in [-0.39, 0.29) is 23.4 Å². The molecule has 0 aliphatic carbocycles. The molecular formula is C38H51F2N5OS. The molecule has 0 spiro atoms. The molecule has 2 aromatic rings. The third kappa shape index (κ3) is 8.09. The van der Waals surface area contributed by atoms with Crippen molar-refractivity contribution in [1.82, 2.24) is 9.97 Å². The van der Waals surface area contributed by atoms with E-state index < -0.39 is 11.6 Å². The molecule has 3 aliphatic heterocycles. The Hall–Kier alpha value is -3.22. The van der Waals surface area contributed by atoms with E-state index >= 15 is 8.78 Å². The number of anilines is 1. The van der Waals surface area contributed by atoms with Gasteiger partial charge in [0.2, 0.25) is 5.95 Å². The van der Waals surface area contributed by atoms with Crippen molar-refractivity contribution in [3.63, 3.8) is 0 Å². The SMILES string of the molecule is C/C=C(/F)C1=C(/C(=C(\C)CC)c2c3c(c4cnc(N5CCC(C)C5)nc4c2F)COC3)C(C#N)=C(N)CS1.CCCCCCCCC. The Morgan fingerprint density at radius 3 is 2.43 bits per heavy atom. The van der Waals surface area contributed by atoms with Crippen LogP contribution < -0.4 is 10.6 Å². The number of aromatic nitrogens is 2. The molecular weight excluding hydrogens is 613 g/mol. The fourth-order valence-corrected chi connectivity index (χ4v) is 7.50. The first-order valence-corrected chi connectivity index (χ1v) is 18.3. The highest BCUT2D eigenvalue weighted by Crippen LogP contribution is 2.48. The zero-order valence-electron chi connectivity index (χ0n) is 29.1. The number of hydrogen-bond acceptors (Lipinski definition) is 7. The highest BCUT2D eigenvalue weighted by atomic mass is 32.2. The lowest BCUT2D eigenvalue weighted by Crippen LogP contribution is -2.22. The Labute approximate surface area is 284 Å². The lowest BCUT2D eigenvalue weighted by Gasteiger charge is -2.26. The van der Waals surface area contributed by atoms with Crippen molar-refractivity contribution >= 4 is 34.2 Å². The second-order valence-electron chi connectivity index (χ2n) is 12.8. The van der Waals surface area contributed by atoms with Gasteiger partial charge in [0.15, 0.2) is 5.82 Å². The highest BCUT2D eigenvalue weighted by molar-refractivity contribution is 8.03. The first-order valence-electron chi connectivity index (χ1n) is 17.3. The van der Waals surface area contributed by atoms with Gasteiger partial charge in [0, 0.05) is 47.3 Å². The van der Waals surface area contributed by atoms with E-state index in [1.165, 1.54) is 62.8 Å². The predicted molar refractivity (Wildman–Crippen MR) is 192 cm³/mol. The van der Waals surface area contributed by atoms with Gasteiger partial charge in [0.25, 0.3) is 0 Å². The summed E-state index contributed by atoms with van der Waals surface area (Å²) in [5.74, 6) is 0.323. The highest BCUT2D eigenvalue weighted by Gasteiger charge is 2.34. The third-order valence-corrected chi connectivity index (χ3v) is 10.5. The topological polar surface area (TPSA) is 88.1 Å². The largest absolute Gasteiger partial charge is 0.400 e. The summed E-state index contributed by atoms with van der Waals surface area (Å²) in [6, 6.07) is 2.19. The van der Waals surface area contributed by atoms with E-state index in [1.54, 1.807) is 13.1 Å². The maximum absolute atomic E-state index is 16.8. The van der Waals surface area contributed by atoms with Crippen molar-refractivity contribution in [3.05, 3.63) is 67.9 Å². The molecule has 1 atom stereocenters. The smallest absolute Gasteiger partial charge is 0.225 e. The van der Waals surface area contributed by atoms with Crippen LogP contribution in [-0.2, 0) is 18.0 Å². The Bertz CT molecular complexity index is 1610. The molecule has 0 bridgehead atoms. The molecule has 1 unspecified atom stereocenters. The fraction of sp³-hybridized carbons (Fsp3) is 0.553. The molecule has 1 aromatic heterocycles. The van der Waals surface area contributed by atoms with Crippen LogP contribution in [0.5, 0.6) is 0 Å². The maximum atomic E-state index is 16.8. The molecule has 4 heterocycles. The second kappa shape index (κ2) is 17.3. The monoisotopic (exact) mass is 663 g/mol. The summed E-state index contributed by atoms with van der Waals surface area (Å²) >= 11 is 1.23. The number of fused-ring (bicyclic) bond motifs is 3. The summed E-state index contributed by atoms with van der Waals surface area (Å²) in [4.78, 5) is 11.7. The van der Waals surface area contributed by atoms with Crippen LogP contribution in [0, 0.1) is 23.1 Å². The molecule has 6 nitrogen and oxygen atoms in total. The van der Waals surface area contributed by atoms with E-state index in [4.69, 9.17) is 15.5 Å². The normalized spacial score (nSPS) is 18.7. The van der Waals surface area contributed by atoms with Gasteiger partial charge in [-0.1, -0.05) is 84.3 Å². The van der Waals surface area contributed by atoms with E-state index in [1.807, 2.05) is 13.8 Å². The number of unbranched alkanes of at least 4 members (excludes halogenated alkanes) is 6. The Morgan fingerprint density at radius 2 is 1.83 bits per heavy atom. The lowest BCUT2D eigenvalue weighted by atomic mass is 9.83. The van der Waals surface area contributed by atoms with Crippen LogP contribution in [0.2, 0.25) is 0 Å². The van der Waals surface area contributed by atoms with Gasteiger partial charge in [-0.05, 0) is 49.3 Å². The minimum absolute atomic E-state index is 0.181. The number of nitrogens with zero attached hydrogens (tertiary/aromatic N) is 4. The molecule has 0 saturated carbocycles. The zero-order valence-corrected chi connectivity index (χ0v) is 29.9. The minimum Gasteiger partial charge on any atom is -0.400 e. The van der Waals surface area contributed by atoms with Crippen LogP contribution >= 0.6 is 11.8 Å². The number of halogens is 2. The maximum Gasteiger partial charge on any atom is 0.225 e. The molecule has 1 fully saturated rings. The first-order chi connectivity index (χ1) is 22.7. The van der Waals surface area contributed by atoms with Crippen molar-refractivity contribution in [2.75, 3.05) is 23.7 Å². The number of benzene rings is 1. The van der Waals surface area contributed by atoms with Gasteiger partial charge < -0.3 is 15.4 Å². The zero-order chi connectivity index (χ0) is 34.1. The number of nitriles is 1. The van der Waals surface area contributed by atoms with E-state index in [0.717, 1.165) is 30.6 Å². The lowest BCUT2D eigenvalue weighted by molar-refractivity contribution is 0.134. The predicted octanol–water partition coefficient (Wildman–Crippen LogP) is 10.2. The van der Waals surface area contributed by atoms with Crippen molar-refractivity contribution in [2.45, 2.75) is 113 Å². The van der Waals surface area contributed by atoms with Crippen LogP contribution in [0.4, 0.5) is 14.7 Å². The Morgan fingerprint density at radius 1 is 1.15 bits per heavy atom. The third-order valence-electron chi connectivity index (χ3n) is 9.31. The second-order valence-corrected chi connectivity index (χ2v) is 13.8. The van der Waals surface area contributed by atoms with Gasteiger partial charge in [-0.2, -0.15) is 5.26 Å². The van der Waals surface area contributed by atoms with E-state index in [9.17, 15) is 5.26 Å². The molecule has 3 aliphatic rings. The minimum atomic E-state index is -0.512. The van der Waals surface area contributed by atoms with Gasteiger partial charge in [0.1, 0.15) is 17.4 Å². The molecule has 9 heteroatoms. The van der Waals surface area contributed by atoms with Crippen LogP contribution in [0.3, 0.4) is 0 Å². The number of nitrogens with two attached hydrogens (primary N) is 1. The average Bonchev–Trinajstić information content (AvgIpc) is 3.75. The fourth-order valence-electron chi connectivity index (χ4n) is 6.45. The van der Waals surface area contributed by atoms with Gasteiger partial charge in [0.05, 0.1) is 23.7 Å². The molecule has 5 rings (SSSR count). The summed E-state index contributed by atoms with van der Waals surface area (Å²) in [6.45, 7) is 14.3. The van der Waals surface area contributed by atoms with Crippen molar-refractivity contribution in [2.24, 2.45) is 11.7 Å². The molecule has 2 N–H and O–H groups in total. The van der Waals surface area contributed by atoms with E-state index in [2.05, 4.69) is 36.7 Å². The molecule has 0 amide bonds. The van der Waals surface area contributed by atoms with Crippen molar-refractivity contribution < 1.29 is 13.5 Å². The number of rotatable bonds is 11. The van der Waals surface area contributed by atoms with Crippen LogP contribution in [0.1, 0.15) is 116 Å². The summed E-state index contributed by atoms with van der Waals surface area (Å²) in [5, 5.41) is 10.7. The van der Waals surface area contributed by atoms with Gasteiger partial charge in [-0.15, -0.1) is 11.8 Å². The van der Waals surface area contributed by atoms with Gasteiger partial charge in [-0.25, -0.2) is 18.7 Å². The quantitative estimate of drug-likeness (QED) is 0.239. The Balaban J connectivity index is 0.000000488. The molecule has 0 radical (unpaired) electrons. The molecule has 47 heavy (non-hydrogen) atoms. The number of thioether (sulfide) groups is 1. The summed E-state index contributed by atoms with van der Waals surface area (Å²) in [5.41, 5.74) is 10.5. The molecule has 1 saturated heterocycles.